The van der Waals surface area contributed by atoms with E-state index in [1.54, 1.807) is 6.07 Å². The van der Waals surface area contributed by atoms with Crippen molar-refractivity contribution in [1.29, 1.82) is 0 Å². The third-order valence-corrected chi connectivity index (χ3v) is 4.46. The fraction of sp³-hybridized carbons (Fsp3) is 0.600. The fourth-order valence-corrected chi connectivity index (χ4v) is 2.97. The molecular weight excluding hydrogens is 300 g/mol. The first-order chi connectivity index (χ1) is 11.0. The van der Waals surface area contributed by atoms with Crippen LogP contribution in [0.25, 0.3) is 0 Å². The summed E-state index contributed by atoms with van der Waals surface area (Å²) in [4.78, 5) is 26.9. The van der Waals surface area contributed by atoms with Gasteiger partial charge in [-0.15, -0.1) is 0 Å². The van der Waals surface area contributed by atoms with E-state index in [2.05, 4.69) is 15.2 Å². The van der Waals surface area contributed by atoms with E-state index in [1.807, 2.05) is 0 Å². The van der Waals surface area contributed by atoms with Crippen LogP contribution in [0.4, 0.5) is 11.5 Å². The van der Waals surface area contributed by atoms with Crippen LogP contribution in [-0.4, -0.2) is 51.1 Å². The number of carboxylic acid groups (broad SMARTS) is 1. The highest BCUT2D eigenvalue weighted by Gasteiger charge is 2.37. The second-order valence-electron chi connectivity index (χ2n) is 6.40. The molecule has 0 bridgehead atoms. The van der Waals surface area contributed by atoms with Crippen LogP contribution in [0.5, 0.6) is 0 Å². The molecule has 2 aliphatic rings. The molecule has 2 saturated carbocycles. The van der Waals surface area contributed by atoms with E-state index in [0.717, 1.165) is 25.1 Å². The predicted octanol–water partition coefficient (Wildman–Crippen LogP) is 1.73. The standard InChI is InChI=1S/C15H20N4O4/c20-15(21)9-18(8-10-1-2-10)13-5-12(6-13)17-11-3-4-14(16-7-11)19(22)23/h3-4,7,10,12-13,17H,1-2,5-6,8-9H2,(H,20,21). The van der Waals surface area contributed by atoms with E-state index in [9.17, 15) is 14.9 Å². The van der Waals surface area contributed by atoms with Crippen LogP contribution in [0.15, 0.2) is 18.3 Å². The maximum atomic E-state index is 11.0. The van der Waals surface area contributed by atoms with E-state index < -0.39 is 10.9 Å². The van der Waals surface area contributed by atoms with Crippen LogP contribution in [0.1, 0.15) is 25.7 Å². The van der Waals surface area contributed by atoms with Gasteiger partial charge in [-0.3, -0.25) is 9.69 Å². The highest BCUT2D eigenvalue weighted by molar-refractivity contribution is 5.69. The van der Waals surface area contributed by atoms with Gasteiger partial charge in [0.05, 0.1) is 12.2 Å². The maximum absolute atomic E-state index is 11.0. The lowest BCUT2D eigenvalue weighted by Crippen LogP contribution is -2.52. The molecule has 0 amide bonds. The number of hydrogen-bond acceptors (Lipinski definition) is 6. The molecule has 0 unspecified atom stereocenters. The second-order valence-corrected chi connectivity index (χ2v) is 6.40. The van der Waals surface area contributed by atoms with Gasteiger partial charge in [-0.1, -0.05) is 0 Å². The average Bonchev–Trinajstić information content (AvgIpc) is 3.25. The van der Waals surface area contributed by atoms with Gasteiger partial charge in [0.25, 0.3) is 0 Å². The van der Waals surface area contributed by atoms with Crippen LogP contribution >= 0.6 is 0 Å². The van der Waals surface area contributed by atoms with Crippen LogP contribution < -0.4 is 5.32 Å². The summed E-state index contributed by atoms with van der Waals surface area (Å²) >= 11 is 0. The fourth-order valence-electron chi connectivity index (χ4n) is 2.97. The van der Waals surface area contributed by atoms with Crippen molar-refractivity contribution < 1.29 is 14.8 Å². The minimum absolute atomic E-state index is 0.104. The first-order valence-electron chi connectivity index (χ1n) is 7.84. The van der Waals surface area contributed by atoms with Gasteiger partial charge in [-0.2, -0.15) is 0 Å². The molecule has 2 fully saturated rings. The molecule has 0 saturated heterocycles. The Morgan fingerprint density at radius 3 is 2.70 bits per heavy atom. The average molecular weight is 320 g/mol. The lowest BCUT2D eigenvalue weighted by Gasteiger charge is -2.43. The molecule has 1 aromatic heterocycles. The molecule has 3 rings (SSSR count). The van der Waals surface area contributed by atoms with Gasteiger partial charge in [0.1, 0.15) is 0 Å². The lowest BCUT2D eigenvalue weighted by molar-refractivity contribution is -0.389. The van der Waals surface area contributed by atoms with Gasteiger partial charge in [-0.25, -0.2) is 0 Å². The zero-order chi connectivity index (χ0) is 16.4. The first kappa shape index (κ1) is 15.7. The Labute approximate surface area is 133 Å². The molecule has 0 atom stereocenters. The van der Waals surface area contributed by atoms with Crippen LogP contribution in [-0.2, 0) is 4.79 Å². The zero-order valence-corrected chi connectivity index (χ0v) is 12.7. The van der Waals surface area contributed by atoms with E-state index in [1.165, 1.54) is 25.1 Å². The van der Waals surface area contributed by atoms with Gasteiger partial charge in [-0.05, 0) is 47.6 Å². The van der Waals surface area contributed by atoms with E-state index >= 15 is 0 Å². The SMILES string of the molecule is O=C(O)CN(CC1CC1)C1CC(Nc2ccc([N+](=O)[O-])nc2)C1. The van der Waals surface area contributed by atoms with Crippen molar-refractivity contribution in [2.24, 2.45) is 5.92 Å². The minimum atomic E-state index is -0.776. The molecule has 8 heteroatoms. The molecule has 2 aliphatic carbocycles. The minimum Gasteiger partial charge on any atom is -0.480 e. The molecule has 8 nitrogen and oxygen atoms in total. The Hall–Kier alpha value is -2.22. The highest BCUT2D eigenvalue weighted by Crippen LogP contribution is 2.34. The van der Waals surface area contributed by atoms with E-state index in [4.69, 9.17) is 5.11 Å². The number of nitro groups is 1. The number of nitrogens with one attached hydrogen (secondary N) is 1. The van der Waals surface area contributed by atoms with E-state index in [-0.39, 0.29) is 18.4 Å². The summed E-state index contributed by atoms with van der Waals surface area (Å²) in [7, 11) is 0. The largest absolute Gasteiger partial charge is 0.480 e. The molecule has 0 aromatic carbocycles. The molecule has 2 N–H and O–H groups in total. The van der Waals surface area contributed by atoms with Gasteiger partial charge >= 0.3 is 11.8 Å². The van der Waals surface area contributed by atoms with Crippen LogP contribution in [0.3, 0.4) is 0 Å². The van der Waals surface area contributed by atoms with Gasteiger partial charge < -0.3 is 20.5 Å². The van der Waals surface area contributed by atoms with Crippen molar-refractivity contribution in [3.8, 4) is 0 Å². The highest BCUT2D eigenvalue weighted by atomic mass is 16.6. The van der Waals surface area contributed by atoms with Crippen molar-refractivity contribution >= 4 is 17.5 Å². The van der Waals surface area contributed by atoms with Crippen LogP contribution in [0.2, 0.25) is 0 Å². The number of pyridine rings is 1. The molecule has 124 valence electrons. The van der Waals surface area contributed by atoms with Crippen molar-refractivity contribution in [2.75, 3.05) is 18.4 Å². The molecule has 23 heavy (non-hydrogen) atoms. The Morgan fingerprint density at radius 2 is 2.17 bits per heavy atom. The summed E-state index contributed by atoms with van der Waals surface area (Å²) in [6, 6.07) is 3.59. The number of rotatable bonds is 8. The number of carbonyl (C=O) groups is 1. The normalized spacial score (nSPS) is 23.3. The molecule has 0 radical (unpaired) electrons. The number of aliphatic carboxylic acids is 1. The van der Waals surface area contributed by atoms with Gasteiger partial charge in [0.2, 0.25) is 0 Å². The van der Waals surface area contributed by atoms with Gasteiger partial charge in [0, 0.05) is 24.7 Å². The summed E-state index contributed by atoms with van der Waals surface area (Å²) < 4.78 is 0. The first-order valence-corrected chi connectivity index (χ1v) is 7.84. The molecule has 1 heterocycles. The Morgan fingerprint density at radius 1 is 1.43 bits per heavy atom. The summed E-state index contributed by atoms with van der Waals surface area (Å²) in [6.07, 6.45) is 5.65. The molecule has 0 aliphatic heterocycles. The van der Waals surface area contributed by atoms with Crippen molar-refractivity contribution in [1.82, 2.24) is 9.88 Å². The number of anilines is 1. The number of aromatic nitrogens is 1. The Balaban J connectivity index is 1.49. The molecular formula is C15H20N4O4. The van der Waals surface area contributed by atoms with E-state index in [0.29, 0.717) is 12.0 Å². The monoisotopic (exact) mass is 320 g/mol. The third kappa shape index (κ3) is 4.16. The summed E-state index contributed by atoms with van der Waals surface area (Å²) in [6.45, 7) is 0.982. The van der Waals surface area contributed by atoms with Crippen LogP contribution in [0, 0.1) is 16.0 Å². The Kier molecular flexibility index (Phi) is 4.42. The summed E-state index contributed by atoms with van der Waals surface area (Å²) in [5.41, 5.74) is 0.756. The van der Waals surface area contributed by atoms with Crippen molar-refractivity contribution in [2.45, 2.75) is 37.8 Å². The second kappa shape index (κ2) is 6.49. The topological polar surface area (TPSA) is 109 Å². The van der Waals surface area contributed by atoms with Crippen molar-refractivity contribution in [3.63, 3.8) is 0 Å². The predicted molar refractivity (Wildman–Crippen MR) is 83.3 cm³/mol. The van der Waals surface area contributed by atoms with Gasteiger partial charge in [0.15, 0.2) is 6.20 Å². The summed E-state index contributed by atoms with van der Waals surface area (Å²) in [5, 5.41) is 22.9. The molecule has 1 aromatic rings. The maximum Gasteiger partial charge on any atom is 0.363 e. The third-order valence-electron chi connectivity index (χ3n) is 4.46. The number of nitrogens with zero attached hydrogens (tertiary/aromatic N) is 3. The Bertz CT molecular complexity index is 582. The number of carboxylic acids is 1. The van der Waals surface area contributed by atoms with Crippen molar-refractivity contribution in [3.05, 3.63) is 28.4 Å². The molecule has 0 spiro atoms. The smallest absolute Gasteiger partial charge is 0.363 e. The quantitative estimate of drug-likeness (QED) is 0.554. The number of hydrogen-bond donors (Lipinski definition) is 2. The lowest BCUT2D eigenvalue weighted by atomic mass is 9.85. The summed E-state index contributed by atoms with van der Waals surface area (Å²) in [5.74, 6) is -0.277. The zero-order valence-electron chi connectivity index (χ0n) is 12.7.